The van der Waals surface area contributed by atoms with E-state index in [0.29, 0.717) is 6.42 Å². The Balaban J connectivity index is 1.54. The van der Waals surface area contributed by atoms with Gasteiger partial charge in [-0.2, -0.15) is 0 Å². The molecule has 0 bridgehead atoms. The topological polar surface area (TPSA) is 64.2 Å². The minimum Gasteiger partial charge on any atom is -0.327 e. The molecular weight excluding hydrogens is 304 g/mol. The van der Waals surface area contributed by atoms with Crippen molar-refractivity contribution < 1.29 is 4.92 Å². The van der Waals surface area contributed by atoms with Crippen LogP contribution >= 0.6 is 0 Å². The third-order valence-corrected chi connectivity index (χ3v) is 5.75. The molecule has 0 N–H and O–H groups in total. The molecule has 24 heavy (non-hydrogen) atoms. The maximum Gasteiger partial charge on any atom is 0.207 e. The van der Waals surface area contributed by atoms with Crippen molar-refractivity contribution in [1.29, 1.82) is 0 Å². The van der Waals surface area contributed by atoms with Gasteiger partial charge in [-0.1, -0.05) is 13.0 Å². The van der Waals surface area contributed by atoms with Gasteiger partial charge in [-0.3, -0.25) is 15.0 Å². The van der Waals surface area contributed by atoms with Gasteiger partial charge in [0.1, 0.15) is 5.82 Å². The standard InChI is InChI=1S/C18H24N4O2/c1-13-2-4-16(13)20-8-7-18-19-15-12-14(6-9-22(23)24)3-5-17(15)21(18)11-10-20/h3,5,12-13,16H,2,4,6-11H2,1H3. The van der Waals surface area contributed by atoms with E-state index in [9.17, 15) is 10.1 Å². The summed E-state index contributed by atoms with van der Waals surface area (Å²) in [7, 11) is 0. The summed E-state index contributed by atoms with van der Waals surface area (Å²) in [6, 6.07) is 6.88. The smallest absolute Gasteiger partial charge is 0.207 e. The van der Waals surface area contributed by atoms with Crippen molar-refractivity contribution in [3.63, 3.8) is 0 Å². The molecule has 4 rings (SSSR count). The van der Waals surface area contributed by atoms with Crippen molar-refractivity contribution in [2.45, 2.75) is 45.2 Å². The van der Waals surface area contributed by atoms with Gasteiger partial charge in [0.2, 0.25) is 6.54 Å². The highest BCUT2D eigenvalue weighted by Gasteiger charge is 2.33. The Kier molecular flexibility index (Phi) is 4.00. The molecule has 1 fully saturated rings. The van der Waals surface area contributed by atoms with E-state index in [1.807, 2.05) is 12.1 Å². The summed E-state index contributed by atoms with van der Waals surface area (Å²) in [6.07, 6.45) is 4.16. The SMILES string of the molecule is CC1CCC1N1CCc2nc3cc(CC[N+](=O)[O-])ccc3n2CC1. The van der Waals surface area contributed by atoms with Gasteiger partial charge in [0.05, 0.1) is 11.0 Å². The van der Waals surface area contributed by atoms with Gasteiger partial charge in [-0.25, -0.2) is 4.98 Å². The quantitative estimate of drug-likeness (QED) is 0.639. The van der Waals surface area contributed by atoms with Crippen molar-refractivity contribution in [1.82, 2.24) is 14.5 Å². The van der Waals surface area contributed by atoms with Crippen LogP contribution in [0.4, 0.5) is 0 Å². The average Bonchev–Trinajstić information content (AvgIpc) is 2.78. The monoisotopic (exact) mass is 328 g/mol. The summed E-state index contributed by atoms with van der Waals surface area (Å²) in [4.78, 5) is 17.8. The van der Waals surface area contributed by atoms with Gasteiger partial charge in [0.15, 0.2) is 0 Å². The average molecular weight is 328 g/mol. The Bertz CT molecular complexity index is 770. The van der Waals surface area contributed by atoms with Gasteiger partial charge < -0.3 is 4.57 Å². The molecule has 1 aliphatic carbocycles. The van der Waals surface area contributed by atoms with E-state index in [4.69, 9.17) is 4.98 Å². The van der Waals surface area contributed by atoms with Crippen LogP contribution < -0.4 is 0 Å². The Hall–Kier alpha value is -1.95. The largest absolute Gasteiger partial charge is 0.327 e. The van der Waals surface area contributed by atoms with Crippen LogP contribution in [0.1, 0.15) is 31.2 Å². The molecule has 1 saturated carbocycles. The summed E-state index contributed by atoms with van der Waals surface area (Å²) in [5.74, 6) is 1.99. The third-order valence-electron chi connectivity index (χ3n) is 5.75. The second-order valence-electron chi connectivity index (χ2n) is 7.22. The lowest BCUT2D eigenvalue weighted by Crippen LogP contribution is -2.47. The molecule has 0 amide bonds. The molecule has 2 atom stereocenters. The lowest BCUT2D eigenvalue weighted by Gasteiger charge is -2.42. The molecular formula is C18H24N4O2. The van der Waals surface area contributed by atoms with Crippen LogP contribution in [0.15, 0.2) is 18.2 Å². The summed E-state index contributed by atoms with van der Waals surface area (Å²) in [5, 5.41) is 10.6. The lowest BCUT2D eigenvalue weighted by atomic mass is 9.80. The summed E-state index contributed by atoms with van der Waals surface area (Å²) in [6.45, 7) is 5.51. The van der Waals surface area contributed by atoms with E-state index in [-0.39, 0.29) is 11.5 Å². The first-order valence-electron chi connectivity index (χ1n) is 8.96. The van der Waals surface area contributed by atoms with E-state index in [2.05, 4.69) is 22.5 Å². The van der Waals surface area contributed by atoms with Crippen LogP contribution in [0.5, 0.6) is 0 Å². The highest BCUT2D eigenvalue weighted by Crippen LogP contribution is 2.32. The number of imidazole rings is 1. The summed E-state index contributed by atoms with van der Waals surface area (Å²) < 4.78 is 2.34. The second kappa shape index (κ2) is 6.16. The van der Waals surface area contributed by atoms with Crippen molar-refractivity contribution in [2.24, 2.45) is 5.92 Å². The molecule has 2 aliphatic rings. The van der Waals surface area contributed by atoms with E-state index in [1.165, 1.54) is 18.4 Å². The third kappa shape index (κ3) is 2.79. The first-order valence-corrected chi connectivity index (χ1v) is 8.96. The number of fused-ring (bicyclic) bond motifs is 3. The van der Waals surface area contributed by atoms with Crippen LogP contribution in [0.2, 0.25) is 0 Å². The van der Waals surface area contributed by atoms with Crippen LogP contribution in [-0.4, -0.2) is 45.1 Å². The predicted octanol–water partition coefficient (Wildman–Crippen LogP) is 2.51. The number of nitrogens with zero attached hydrogens (tertiary/aromatic N) is 4. The fraction of sp³-hybridized carbons (Fsp3) is 0.611. The zero-order chi connectivity index (χ0) is 16.7. The molecule has 6 heteroatoms. The molecule has 1 aromatic carbocycles. The zero-order valence-electron chi connectivity index (χ0n) is 14.1. The summed E-state index contributed by atoms with van der Waals surface area (Å²) in [5.41, 5.74) is 3.15. The first-order chi connectivity index (χ1) is 11.6. The first kappa shape index (κ1) is 15.6. The Morgan fingerprint density at radius 2 is 2.17 bits per heavy atom. The normalized spacial score (nSPS) is 24.4. The molecule has 0 radical (unpaired) electrons. The Labute approximate surface area is 141 Å². The van der Waals surface area contributed by atoms with Crippen molar-refractivity contribution in [3.8, 4) is 0 Å². The number of hydrogen-bond donors (Lipinski definition) is 0. The van der Waals surface area contributed by atoms with Crippen LogP contribution in [0.3, 0.4) is 0 Å². The van der Waals surface area contributed by atoms with Gasteiger partial charge >= 0.3 is 0 Å². The van der Waals surface area contributed by atoms with Gasteiger partial charge in [-0.05, 0) is 36.5 Å². The maximum absolute atomic E-state index is 10.6. The predicted molar refractivity (Wildman–Crippen MR) is 92.8 cm³/mol. The number of aromatic nitrogens is 2. The molecule has 1 aliphatic heterocycles. The molecule has 6 nitrogen and oxygen atoms in total. The van der Waals surface area contributed by atoms with Crippen molar-refractivity contribution in [3.05, 3.63) is 39.7 Å². The minimum absolute atomic E-state index is 0.0202. The van der Waals surface area contributed by atoms with E-state index in [0.717, 1.165) is 54.9 Å². The lowest BCUT2D eigenvalue weighted by molar-refractivity contribution is -0.479. The Morgan fingerprint density at radius 1 is 1.29 bits per heavy atom. The molecule has 0 spiro atoms. The van der Waals surface area contributed by atoms with Crippen LogP contribution in [0, 0.1) is 16.0 Å². The van der Waals surface area contributed by atoms with Crippen molar-refractivity contribution in [2.75, 3.05) is 19.6 Å². The number of hydrogen-bond acceptors (Lipinski definition) is 4. The second-order valence-corrected chi connectivity index (χ2v) is 7.22. The van der Waals surface area contributed by atoms with Gasteiger partial charge in [0, 0.05) is 43.4 Å². The highest BCUT2D eigenvalue weighted by molar-refractivity contribution is 5.77. The van der Waals surface area contributed by atoms with Crippen LogP contribution in [0.25, 0.3) is 11.0 Å². The number of nitro groups is 1. The summed E-state index contributed by atoms with van der Waals surface area (Å²) >= 11 is 0. The minimum atomic E-state index is -0.261. The zero-order valence-corrected chi connectivity index (χ0v) is 14.1. The van der Waals surface area contributed by atoms with Crippen molar-refractivity contribution >= 4 is 11.0 Å². The fourth-order valence-electron chi connectivity index (χ4n) is 4.15. The van der Waals surface area contributed by atoms with Gasteiger partial charge in [0.25, 0.3) is 0 Å². The molecule has 128 valence electrons. The maximum atomic E-state index is 10.6. The molecule has 1 aromatic heterocycles. The number of benzene rings is 1. The highest BCUT2D eigenvalue weighted by atomic mass is 16.6. The molecule has 2 heterocycles. The fourth-order valence-corrected chi connectivity index (χ4v) is 4.15. The van der Waals surface area contributed by atoms with Gasteiger partial charge in [-0.15, -0.1) is 0 Å². The van der Waals surface area contributed by atoms with E-state index >= 15 is 0 Å². The van der Waals surface area contributed by atoms with Crippen LogP contribution in [-0.2, 0) is 19.4 Å². The molecule has 2 aromatic rings. The van der Waals surface area contributed by atoms with E-state index < -0.39 is 0 Å². The van der Waals surface area contributed by atoms with E-state index in [1.54, 1.807) is 0 Å². The molecule has 0 saturated heterocycles. The number of rotatable bonds is 4. The Morgan fingerprint density at radius 3 is 2.88 bits per heavy atom. The molecule has 2 unspecified atom stereocenters.